The molecule has 0 spiro atoms. The number of aryl methyl sites for hydroxylation is 4. The predicted molar refractivity (Wildman–Crippen MR) is 123 cm³/mol. The monoisotopic (exact) mass is 474 g/mol. The van der Waals surface area contributed by atoms with E-state index in [1.54, 1.807) is 5.32 Å². The SMILES string of the molecule is Cl.[2H]C([2H])([2H])c1cc(OC([2H])([2H])C([2H])(O)C([2H])([2H])N)cc(C([2H])([2H])[2H])c1.[2H]C([2H])([2H])c1cc(OC([2H])([2H])C2([2H])OC(=O)NC2([2H])[2H])cc(C([2H])([2H])[2H])c1. The summed E-state index contributed by atoms with van der Waals surface area (Å²) in [7, 11) is 0. The van der Waals surface area contributed by atoms with E-state index in [4.69, 9.17) is 45.4 Å². The van der Waals surface area contributed by atoms with Crippen LogP contribution in [0.15, 0.2) is 36.4 Å². The number of hydrogen-bond acceptors (Lipinski definition) is 6. The number of amides is 1. The molecule has 172 valence electrons. The van der Waals surface area contributed by atoms with Gasteiger partial charge in [-0.3, -0.25) is 0 Å². The molecule has 3 rings (SSSR count). The van der Waals surface area contributed by atoms with Crippen LogP contribution in [0.5, 0.6) is 11.5 Å². The van der Waals surface area contributed by atoms with Crippen LogP contribution in [-0.2, 0) is 4.74 Å². The average molecular weight is 475 g/mol. The largest absolute Gasteiger partial charge is 0.491 e. The van der Waals surface area contributed by atoms with Crippen LogP contribution in [0.3, 0.4) is 0 Å². The van der Waals surface area contributed by atoms with E-state index in [1.165, 1.54) is 0 Å². The van der Waals surface area contributed by atoms with Gasteiger partial charge in [0, 0.05) is 25.7 Å². The van der Waals surface area contributed by atoms with Crippen molar-refractivity contribution < 1.29 is 54.3 Å². The molecule has 0 aromatic heterocycles. The Hall–Kier alpha value is -2.48. The molecular formula is C23H33ClN2O5. The first-order valence-corrected chi connectivity index (χ1v) is 7.91. The molecule has 1 amide bonds. The number of halogens is 1. The second kappa shape index (κ2) is 13.0. The number of nitrogens with two attached hydrogens (primary N) is 1. The summed E-state index contributed by atoms with van der Waals surface area (Å²) >= 11 is 0. The van der Waals surface area contributed by atoms with Crippen LogP contribution in [0, 0.1) is 27.4 Å². The molecule has 0 aliphatic carbocycles. The Balaban J connectivity index is 0.000000522. The maximum absolute atomic E-state index is 11.3. The fourth-order valence-corrected chi connectivity index (χ4v) is 1.86. The number of nitrogens with one attached hydrogen (secondary N) is 1. The first-order chi connectivity index (χ1) is 22.7. The molecule has 2 unspecified atom stereocenters. The Morgan fingerprint density at radius 3 is 2.13 bits per heavy atom. The van der Waals surface area contributed by atoms with Crippen LogP contribution in [0.1, 0.15) is 52.4 Å². The van der Waals surface area contributed by atoms with Gasteiger partial charge in [0.15, 0.2) is 6.08 Å². The standard InChI is InChI=1S/C12H15NO3.C11H17NO2.ClH/c1-8-3-9(2)5-10(4-8)15-7-11-6-13-12(14)16-11;1-8-3-9(2)5-11(4-8)14-7-10(13)6-12;/h3-5,11H,6-7H2,1-2H3,(H,13,14);3-5,10,13H,6-7,12H2,1-2H3;1H/i1D3,2D3,6D2,7D2,11D;1D3,2D3,6D2,7D2,10D;. The maximum atomic E-state index is 11.3. The molecule has 4 N–H and O–H groups in total. The molecule has 2 atom stereocenters. The highest BCUT2D eigenvalue weighted by molar-refractivity contribution is 5.85. The Labute approximate surface area is 221 Å². The molecule has 31 heavy (non-hydrogen) atoms. The van der Waals surface area contributed by atoms with E-state index in [0.717, 1.165) is 36.4 Å². The number of carbonyl (C=O) groups is 1. The summed E-state index contributed by atoms with van der Waals surface area (Å²) in [6.45, 7) is -23.9. The van der Waals surface area contributed by atoms with Crippen molar-refractivity contribution in [2.75, 3.05) is 26.1 Å². The van der Waals surface area contributed by atoms with Gasteiger partial charge in [-0.15, -0.1) is 12.4 Å². The molecule has 1 aliphatic rings. The van der Waals surface area contributed by atoms with E-state index in [9.17, 15) is 9.90 Å². The molecule has 2 aromatic carbocycles. The van der Waals surface area contributed by atoms with E-state index >= 15 is 0 Å². The Kier molecular flexibility index (Phi) is 3.56. The summed E-state index contributed by atoms with van der Waals surface area (Å²) in [5, 5.41) is 11.4. The molecule has 7 nitrogen and oxygen atoms in total. The van der Waals surface area contributed by atoms with Crippen LogP contribution in [-0.4, -0.2) is 49.5 Å². The zero-order valence-corrected chi connectivity index (χ0v) is 16.3. The summed E-state index contributed by atoms with van der Waals surface area (Å²) in [6, 6.07) is 5.13. The Morgan fingerprint density at radius 1 is 1.19 bits per heavy atom. The van der Waals surface area contributed by atoms with Crippen molar-refractivity contribution in [2.24, 2.45) is 5.73 Å². The molecule has 1 heterocycles. The van der Waals surface area contributed by atoms with Gasteiger partial charge in [-0.1, -0.05) is 12.1 Å². The lowest BCUT2D eigenvalue weighted by Gasteiger charge is -2.11. The van der Waals surface area contributed by atoms with E-state index in [1.807, 2.05) is 0 Å². The van der Waals surface area contributed by atoms with E-state index in [-0.39, 0.29) is 12.4 Å². The normalized spacial score (nSPS) is 34.1. The minimum Gasteiger partial charge on any atom is -0.491 e. The highest BCUT2D eigenvalue weighted by Crippen LogP contribution is 2.17. The number of carbonyl (C=O) groups excluding carboxylic acids is 1. The van der Waals surface area contributed by atoms with Crippen molar-refractivity contribution in [3.63, 3.8) is 0 Å². The summed E-state index contributed by atoms with van der Waals surface area (Å²) in [5.41, 5.74) is 3.12. The van der Waals surface area contributed by atoms with E-state index < -0.39 is 106 Å². The molecule has 2 aromatic rings. The zero-order chi connectivity index (χ0) is 41.1. The van der Waals surface area contributed by atoms with Gasteiger partial charge in [0.2, 0.25) is 0 Å². The molecule has 0 bridgehead atoms. The maximum Gasteiger partial charge on any atom is 0.407 e. The molecule has 1 aliphatic heterocycles. The number of aliphatic hydroxyl groups is 1. The highest BCUT2D eigenvalue weighted by Gasteiger charge is 2.22. The summed E-state index contributed by atoms with van der Waals surface area (Å²) in [6.07, 6.45) is -8.15. The van der Waals surface area contributed by atoms with Crippen molar-refractivity contribution >= 4 is 18.5 Å². The van der Waals surface area contributed by atoms with Gasteiger partial charge in [-0.2, -0.15) is 0 Å². The van der Waals surface area contributed by atoms with Gasteiger partial charge in [-0.05, 0) is 73.9 Å². The van der Waals surface area contributed by atoms with Crippen molar-refractivity contribution in [3.8, 4) is 11.5 Å². The van der Waals surface area contributed by atoms with Crippen LogP contribution in [0.4, 0.5) is 4.79 Å². The van der Waals surface area contributed by atoms with Crippen LogP contribution >= 0.6 is 12.4 Å². The van der Waals surface area contributed by atoms with Gasteiger partial charge in [0.25, 0.3) is 0 Å². The van der Waals surface area contributed by atoms with Crippen LogP contribution in [0.25, 0.3) is 0 Å². The van der Waals surface area contributed by atoms with Gasteiger partial charge in [-0.25, -0.2) is 4.79 Å². The molecule has 0 radical (unpaired) electrons. The number of ether oxygens (including phenoxy) is 3. The fourth-order valence-electron chi connectivity index (χ4n) is 1.86. The van der Waals surface area contributed by atoms with E-state index in [0.29, 0.717) is 0 Å². The summed E-state index contributed by atoms with van der Waals surface area (Å²) in [4.78, 5) is 11.3. The third-order valence-corrected chi connectivity index (χ3v) is 2.95. The molecular weight excluding hydrogens is 420 g/mol. The number of cyclic esters (lactones) is 1. The number of rotatable bonds is 7. The molecule has 1 saturated heterocycles. The van der Waals surface area contributed by atoms with Gasteiger partial charge in [0.05, 0.1) is 17.5 Å². The Morgan fingerprint density at radius 2 is 1.71 bits per heavy atom. The molecule has 8 heteroatoms. The minimum absolute atomic E-state index is 0. The van der Waals surface area contributed by atoms with Crippen molar-refractivity contribution in [3.05, 3.63) is 58.7 Å². The third kappa shape index (κ3) is 9.91. The topological polar surface area (TPSA) is 103 Å². The lowest BCUT2D eigenvalue weighted by atomic mass is 10.1. The second-order valence-corrected chi connectivity index (χ2v) is 5.36. The summed E-state index contributed by atoms with van der Waals surface area (Å²) < 4.78 is 178. The second-order valence-electron chi connectivity index (χ2n) is 5.36. The molecule has 0 saturated carbocycles. The minimum atomic E-state index is -3.57. The van der Waals surface area contributed by atoms with Crippen LogP contribution < -0.4 is 20.5 Å². The lowest BCUT2D eigenvalue weighted by Crippen LogP contribution is -2.26. The van der Waals surface area contributed by atoms with Gasteiger partial charge in [0.1, 0.15) is 30.7 Å². The van der Waals surface area contributed by atoms with Crippen molar-refractivity contribution in [1.29, 1.82) is 0 Å². The average Bonchev–Trinajstić information content (AvgIpc) is 3.12. The predicted octanol–water partition coefficient (Wildman–Crippen LogP) is 3.21. The first-order valence-electron chi connectivity index (χ1n) is 18.9. The Bertz CT molecular complexity index is 1570. The van der Waals surface area contributed by atoms with Gasteiger partial charge >= 0.3 is 6.09 Å². The lowest BCUT2D eigenvalue weighted by molar-refractivity contribution is 0.105. The highest BCUT2D eigenvalue weighted by atomic mass is 35.5. The molecule has 1 fully saturated rings. The number of alkyl carbamates (subject to hydrolysis) is 1. The zero-order valence-electron chi connectivity index (χ0n) is 37.5. The smallest absolute Gasteiger partial charge is 0.407 e. The number of benzene rings is 2. The van der Waals surface area contributed by atoms with Gasteiger partial charge < -0.3 is 30.4 Å². The first kappa shape index (κ1) is 8.46. The quantitative estimate of drug-likeness (QED) is 0.569. The number of hydrogen-bond donors (Lipinski definition) is 3. The van der Waals surface area contributed by atoms with Crippen molar-refractivity contribution in [1.82, 2.24) is 5.32 Å². The fraction of sp³-hybridized carbons (Fsp3) is 0.435. The van der Waals surface area contributed by atoms with Crippen molar-refractivity contribution in [2.45, 2.75) is 39.6 Å². The third-order valence-electron chi connectivity index (χ3n) is 2.95. The van der Waals surface area contributed by atoms with Crippen LogP contribution in [0.2, 0.25) is 0 Å². The van der Waals surface area contributed by atoms with E-state index in [2.05, 4.69) is 4.74 Å². The summed E-state index contributed by atoms with van der Waals surface area (Å²) in [5.74, 6) is -1.19.